The van der Waals surface area contributed by atoms with Gasteiger partial charge in [0.25, 0.3) is 5.91 Å². The molecule has 0 aromatic heterocycles. The van der Waals surface area contributed by atoms with Crippen molar-refractivity contribution < 1.29 is 19.5 Å². The van der Waals surface area contributed by atoms with Gasteiger partial charge in [-0.3, -0.25) is 9.59 Å². The maximum absolute atomic E-state index is 12.7. The van der Waals surface area contributed by atoms with Crippen LogP contribution >= 0.6 is 0 Å². The zero-order chi connectivity index (χ0) is 20.1. The second-order valence-electron chi connectivity index (χ2n) is 7.15. The molecule has 2 aromatic rings. The molecule has 2 amide bonds. The largest absolute Gasteiger partial charge is 0.479 e. The quantitative estimate of drug-likeness (QED) is 0.835. The summed E-state index contributed by atoms with van der Waals surface area (Å²) in [6.45, 7) is 2.85. The number of hydrogen-bond acceptors (Lipinski definition) is 3. The van der Waals surface area contributed by atoms with Gasteiger partial charge in [0.05, 0.1) is 5.92 Å². The fraction of sp³-hybridized carbons (Fsp3) is 0.318. The van der Waals surface area contributed by atoms with Gasteiger partial charge in [-0.15, -0.1) is 0 Å². The third-order valence-electron chi connectivity index (χ3n) is 5.04. The van der Waals surface area contributed by atoms with Gasteiger partial charge in [-0.25, -0.2) is 4.79 Å². The first-order valence-electron chi connectivity index (χ1n) is 9.40. The molecule has 1 unspecified atom stereocenters. The fourth-order valence-corrected chi connectivity index (χ4v) is 3.45. The van der Waals surface area contributed by atoms with Crippen molar-refractivity contribution >= 4 is 17.8 Å². The molecule has 6 heteroatoms. The minimum atomic E-state index is -1.11. The van der Waals surface area contributed by atoms with Crippen LogP contribution in [0.4, 0.5) is 0 Å². The lowest BCUT2D eigenvalue weighted by molar-refractivity contribution is -0.143. The van der Waals surface area contributed by atoms with Gasteiger partial charge in [0.15, 0.2) is 6.04 Å². The lowest BCUT2D eigenvalue weighted by Crippen LogP contribution is -2.47. The number of likely N-dealkylation sites (tertiary alicyclic amines) is 1. The highest BCUT2D eigenvalue weighted by Crippen LogP contribution is 2.21. The summed E-state index contributed by atoms with van der Waals surface area (Å²) in [5, 5.41) is 12.1. The van der Waals surface area contributed by atoms with Crippen LogP contribution in [-0.2, 0) is 9.59 Å². The summed E-state index contributed by atoms with van der Waals surface area (Å²) in [5.41, 5.74) is 2.19. The number of hydrogen-bond donors (Lipinski definition) is 2. The number of carbonyl (C=O) groups excluding carboxylic acids is 2. The number of piperidine rings is 1. The number of benzene rings is 2. The SMILES string of the molecule is Cc1ccc(C(=O)N2CCCC(C(=O)N[C@@H](C(=O)O)c3ccccc3)C2)cc1. The average molecular weight is 380 g/mol. The second-order valence-corrected chi connectivity index (χ2v) is 7.15. The van der Waals surface area contributed by atoms with Crippen LogP contribution in [0.5, 0.6) is 0 Å². The van der Waals surface area contributed by atoms with E-state index >= 15 is 0 Å². The molecule has 0 saturated carbocycles. The maximum atomic E-state index is 12.7. The molecule has 2 atom stereocenters. The van der Waals surface area contributed by atoms with Crippen LogP contribution in [0.3, 0.4) is 0 Å². The van der Waals surface area contributed by atoms with Gasteiger partial charge in [0.1, 0.15) is 0 Å². The Balaban J connectivity index is 1.67. The molecule has 0 spiro atoms. The molecular formula is C22H24N2O4. The van der Waals surface area contributed by atoms with Crippen molar-refractivity contribution in [1.29, 1.82) is 0 Å². The molecule has 3 rings (SSSR count). The van der Waals surface area contributed by atoms with Crippen LogP contribution in [0.25, 0.3) is 0 Å². The van der Waals surface area contributed by atoms with Gasteiger partial charge in [-0.1, -0.05) is 48.0 Å². The van der Waals surface area contributed by atoms with Crippen LogP contribution in [0, 0.1) is 12.8 Å². The molecule has 146 valence electrons. The minimum absolute atomic E-state index is 0.102. The Hall–Kier alpha value is -3.15. The molecule has 1 aliphatic rings. The first-order chi connectivity index (χ1) is 13.5. The molecular weight excluding hydrogens is 356 g/mol. The zero-order valence-electron chi connectivity index (χ0n) is 15.8. The molecule has 2 N–H and O–H groups in total. The summed E-state index contributed by atoms with van der Waals surface area (Å²) in [4.78, 5) is 38.8. The lowest BCUT2D eigenvalue weighted by atomic mass is 9.95. The van der Waals surface area contributed by atoms with E-state index < -0.39 is 17.9 Å². The number of amides is 2. The van der Waals surface area contributed by atoms with Crippen LogP contribution in [-0.4, -0.2) is 40.9 Å². The van der Waals surface area contributed by atoms with Crippen molar-refractivity contribution in [2.75, 3.05) is 13.1 Å². The van der Waals surface area contributed by atoms with Crippen molar-refractivity contribution in [1.82, 2.24) is 10.2 Å². The number of nitrogens with zero attached hydrogens (tertiary/aromatic N) is 1. The van der Waals surface area contributed by atoms with E-state index in [2.05, 4.69) is 5.32 Å². The normalized spacial score (nSPS) is 17.6. The molecule has 6 nitrogen and oxygen atoms in total. The number of carboxylic acid groups (broad SMARTS) is 1. The predicted octanol–water partition coefficient (Wildman–Crippen LogP) is 2.79. The average Bonchev–Trinajstić information content (AvgIpc) is 2.72. The monoisotopic (exact) mass is 380 g/mol. The van der Waals surface area contributed by atoms with Gasteiger partial charge >= 0.3 is 5.97 Å². The molecule has 28 heavy (non-hydrogen) atoms. The van der Waals surface area contributed by atoms with Crippen molar-refractivity contribution in [3.8, 4) is 0 Å². The number of aliphatic carboxylic acids is 1. The Morgan fingerprint density at radius 1 is 1.07 bits per heavy atom. The summed E-state index contributed by atoms with van der Waals surface area (Å²) in [7, 11) is 0. The van der Waals surface area contributed by atoms with Crippen molar-refractivity contribution in [2.45, 2.75) is 25.8 Å². The minimum Gasteiger partial charge on any atom is -0.479 e. The Kier molecular flexibility index (Phi) is 6.09. The molecule has 1 aliphatic heterocycles. The zero-order valence-corrected chi connectivity index (χ0v) is 15.8. The van der Waals surface area contributed by atoms with E-state index in [-0.39, 0.29) is 11.8 Å². The third kappa shape index (κ3) is 4.57. The highest BCUT2D eigenvalue weighted by Gasteiger charge is 2.31. The smallest absolute Gasteiger partial charge is 0.330 e. The Morgan fingerprint density at radius 2 is 1.75 bits per heavy atom. The fourth-order valence-electron chi connectivity index (χ4n) is 3.45. The summed E-state index contributed by atoms with van der Waals surface area (Å²) in [6.07, 6.45) is 1.34. The Bertz CT molecular complexity index is 849. The summed E-state index contributed by atoms with van der Waals surface area (Å²) >= 11 is 0. The molecule has 1 heterocycles. The molecule has 0 bridgehead atoms. The highest BCUT2D eigenvalue weighted by atomic mass is 16.4. The second kappa shape index (κ2) is 8.69. The number of carbonyl (C=O) groups is 3. The summed E-state index contributed by atoms with van der Waals surface area (Å²) in [5.74, 6) is -1.97. The van der Waals surface area contributed by atoms with Crippen LogP contribution < -0.4 is 5.32 Å². The van der Waals surface area contributed by atoms with Crippen LogP contribution in [0.2, 0.25) is 0 Å². The van der Waals surface area contributed by atoms with Crippen molar-refractivity contribution in [3.63, 3.8) is 0 Å². The number of carboxylic acids is 1. The van der Waals surface area contributed by atoms with E-state index in [1.165, 1.54) is 0 Å². The van der Waals surface area contributed by atoms with E-state index in [0.717, 1.165) is 5.56 Å². The van der Waals surface area contributed by atoms with Gasteiger partial charge in [0, 0.05) is 18.7 Å². The molecule has 1 saturated heterocycles. The van der Waals surface area contributed by atoms with Gasteiger partial charge in [-0.2, -0.15) is 0 Å². The van der Waals surface area contributed by atoms with Crippen LogP contribution in [0.15, 0.2) is 54.6 Å². The van der Waals surface area contributed by atoms with E-state index in [9.17, 15) is 19.5 Å². The number of aryl methyl sites for hydroxylation is 1. The molecule has 0 radical (unpaired) electrons. The molecule has 0 aliphatic carbocycles. The first-order valence-corrected chi connectivity index (χ1v) is 9.40. The van der Waals surface area contributed by atoms with E-state index in [0.29, 0.717) is 37.1 Å². The first kappa shape index (κ1) is 19.6. The molecule has 2 aromatic carbocycles. The Morgan fingerprint density at radius 3 is 2.39 bits per heavy atom. The number of nitrogens with one attached hydrogen (secondary N) is 1. The highest BCUT2D eigenvalue weighted by molar-refractivity contribution is 5.95. The lowest BCUT2D eigenvalue weighted by Gasteiger charge is -2.32. The summed E-state index contributed by atoms with van der Waals surface area (Å²) in [6, 6.07) is 14.9. The van der Waals surface area contributed by atoms with Crippen LogP contribution in [0.1, 0.15) is 40.4 Å². The maximum Gasteiger partial charge on any atom is 0.330 e. The third-order valence-corrected chi connectivity index (χ3v) is 5.04. The predicted molar refractivity (Wildman–Crippen MR) is 105 cm³/mol. The molecule has 1 fully saturated rings. The van der Waals surface area contributed by atoms with E-state index in [4.69, 9.17) is 0 Å². The van der Waals surface area contributed by atoms with Gasteiger partial charge in [-0.05, 0) is 37.5 Å². The van der Waals surface area contributed by atoms with E-state index in [1.807, 2.05) is 19.1 Å². The summed E-state index contributed by atoms with van der Waals surface area (Å²) < 4.78 is 0. The number of rotatable bonds is 5. The standard InChI is InChI=1S/C22H24N2O4/c1-15-9-11-17(12-10-15)21(26)24-13-5-8-18(14-24)20(25)23-19(22(27)28)16-6-3-2-4-7-16/h2-4,6-7,9-12,18-19H,5,8,13-14H2,1H3,(H,23,25)(H,27,28)/t18?,19-/m1/s1. The van der Waals surface area contributed by atoms with Gasteiger partial charge in [0.2, 0.25) is 5.91 Å². The van der Waals surface area contributed by atoms with Crippen molar-refractivity contribution in [2.24, 2.45) is 5.92 Å². The van der Waals surface area contributed by atoms with E-state index in [1.54, 1.807) is 47.4 Å². The van der Waals surface area contributed by atoms with Gasteiger partial charge < -0.3 is 15.3 Å². The van der Waals surface area contributed by atoms with Crippen molar-refractivity contribution in [3.05, 3.63) is 71.3 Å². The Labute approximate surface area is 164 Å². The topological polar surface area (TPSA) is 86.7 Å².